The van der Waals surface area contributed by atoms with Gasteiger partial charge in [0, 0.05) is 11.6 Å². The molecular formula is C14H8N2O8. The van der Waals surface area contributed by atoms with Crippen molar-refractivity contribution in [1.29, 1.82) is 0 Å². The maximum Gasteiger partial charge on any atom is 0.337 e. The van der Waals surface area contributed by atoms with E-state index in [0.717, 1.165) is 18.2 Å². The predicted molar refractivity (Wildman–Crippen MR) is 79.1 cm³/mol. The van der Waals surface area contributed by atoms with Gasteiger partial charge in [-0.15, -0.1) is 0 Å². The Balaban J connectivity index is 2.84. The van der Waals surface area contributed by atoms with E-state index in [1.54, 1.807) is 0 Å². The van der Waals surface area contributed by atoms with Crippen LogP contribution in [0.25, 0.3) is 11.1 Å². The highest BCUT2D eigenvalue weighted by Crippen LogP contribution is 2.36. The van der Waals surface area contributed by atoms with Crippen LogP contribution in [0, 0.1) is 20.2 Å². The Kier molecular flexibility index (Phi) is 4.22. The van der Waals surface area contributed by atoms with Gasteiger partial charge in [-0.3, -0.25) is 20.2 Å². The van der Waals surface area contributed by atoms with E-state index in [2.05, 4.69) is 0 Å². The summed E-state index contributed by atoms with van der Waals surface area (Å²) in [6.07, 6.45) is 0. The molecular weight excluding hydrogens is 324 g/mol. The molecule has 10 nitrogen and oxygen atoms in total. The number of carboxylic acid groups (broad SMARTS) is 2. The van der Waals surface area contributed by atoms with Gasteiger partial charge in [0.25, 0.3) is 11.4 Å². The summed E-state index contributed by atoms with van der Waals surface area (Å²) in [5, 5.41) is 40.3. The number of aromatic carboxylic acids is 2. The van der Waals surface area contributed by atoms with Crippen LogP contribution in [-0.2, 0) is 0 Å². The molecule has 0 bridgehead atoms. The minimum absolute atomic E-state index is 0.219. The highest BCUT2D eigenvalue weighted by Gasteiger charge is 2.27. The lowest BCUT2D eigenvalue weighted by Crippen LogP contribution is -2.10. The van der Waals surface area contributed by atoms with Crippen LogP contribution in [-0.4, -0.2) is 32.0 Å². The summed E-state index contributed by atoms with van der Waals surface area (Å²) in [5.41, 5.74) is -2.88. The number of nitro benzene ring substituents is 2. The van der Waals surface area contributed by atoms with E-state index >= 15 is 0 Å². The van der Waals surface area contributed by atoms with E-state index < -0.39 is 44.3 Å². The minimum Gasteiger partial charge on any atom is -0.478 e. The molecule has 0 saturated heterocycles. The fourth-order valence-corrected chi connectivity index (χ4v) is 2.20. The largest absolute Gasteiger partial charge is 0.478 e. The number of rotatable bonds is 5. The number of nitrogens with zero attached hydrogens (tertiary/aromatic N) is 2. The monoisotopic (exact) mass is 332 g/mol. The second-order valence-electron chi connectivity index (χ2n) is 4.55. The van der Waals surface area contributed by atoms with Crippen LogP contribution in [0.2, 0.25) is 0 Å². The summed E-state index contributed by atoms with van der Waals surface area (Å²) in [6, 6.07) is 6.16. The van der Waals surface area contributed by atoms with Gasteiger partial charge in [-0.25, -0.2) is 9.59 Å². The van der Waals surface area contributed by atoms with Crippen molar-refractivity contribution in [3.8, 4) is 11.1 Å². The van der Waals surface area contributed by atoms with Crippen molar-refractivity contribution in [2.45, 2.75) is 0 Å². The molecule has 0 unspecified atom stereocenters. The highest BCUT2D eigenvalue weighted by molar-refractivity contribution is 6.07. The number of carboxylic acids is 2. The molecule has 0 aromatic heterocycles. The van der Waals surface area contributed by atoms with Crippen molar-refractivity contribution >= 4 is 23.3 Å². The smallest absolute Gasteiger partial charge is 0.337 e. The van der Waals surface area contributed by atoms with Crippen molar-refractivity contribution in [2.75, 3.05) is 0 Å². The number of hydrogen-bond acceptors (Lipinski definition) is 6. The molecule has 0 atom stereocenters. The van der Waals surface area contributed by atoms with Crippen molar-refractivity contribution in [2.24, 2.45) is 0 Å². The number of hydrogen-bond donors (Lipinski definition) is 2. The Morgan fingerprint density at radius 3 is 2.04 bits per heavy atom. The topological polar surface area (TPSA) is 161 Å². The number of carbonyl (C=O) groups is 2. The van der Waals surface area contributed by atoms with Crippen molar-refractivity contribution in [3.63, 3.8) is 0 Å². The third-order valence-electron chi connectivity index (χ3n) is 3.19. The lowest BCUT2D eigenvalue weighted by molar-refractivity contribution is -0.393. The fraction of sp³-hybridized carbons (Fsp3) is 0. The van der Waals surface area contributed by atoms with E-state index in [1.807, 2.05) is 0 Å². The van der Waals surface area contributed by atoms with E-state index in [0.29, 0.717) is 6.07 Å². The van der Waals surface area contributed by atoms with Gasteiger partial charge >= 0.3 is 11.9 Å². The number of nitro groups is 2. The second-order valence-corrected chi connectivity index (χ2v) is 4.55. The Labute approximate surface area is 132 Å². The van der Waals surface area contributed by atoms with Crippen LogP contribution in [0.5, 0.6) is 0 Å². The molecule has 2 rings (SSSR count). The highest BCUT2D eigenvalue weighted by atomic mass is 16.6. The number of benzene rings is 2. The first kappa shape index (κ1) is 16.5. The molecule has 0 amide bonds. The van der Waals surface area contributed by atoms with Gasteiger partial charge in [0.2, 0.25) is 0 Å². The van der Waals surface area contributed by atoms with Crippen LogP contribution in [0.1, 0.15) is 20.7 Å². The van der Waals surface area contributed by atoms with Crippen molar-refractivity contribution < 1.29 is 29.6 Å². The second kappa shape index (κ2) is 6.12. The molecule has 10 heteroatoms. The summed E-state index contributed by atoms with van der Waals surface area (Å²) < 4.78 is 0. The molecule has 122 valence electrons. The summed E-state index contributed by atoms with van der Waals surface area (Å²) in [4.78, 5) is 42.8. The van der Waals surface area contributed by atoms with Crippen LogP contribution in [0.3, 0.4) is 0 Å². The van der Waals surface area contributed by atoms with E-state index in [4.69, 9.17) is 5.11 Å². The molecule has 0 heterocycles. The number of non-ortho nitro benzene ring substituents is 1. The third-order valence-corrected chi connectivity index (χ3v) is 3.19. The van der Waals surface area contributed by atoms with Gasteiger partial charge in [-0.05, 0) is 12.1 Å². The molecule has 2 aromatic carbocycles. The normalized spacial score (nSPS) is 10.2. The molecule has 0 radical (unpaired) electrons. The first-order valence-electron chi connectivity index (χ1n) is 6.27. The fourth-order valence-electron chi connectivity index (χ4n) is 2.20. The molecule has 24 heavy (non-hydrogen) atoms. The van der Waals surface area contributed by atoms with E-state index in [9.17, 15) is 34.9 Å². The third kappa shape index (κ3) is 2.88. The predicted octanol–water partition coefficient (Wildman–Crippen LogP) is 2.57. The first-order valence-corrected chi connectivity index (χ1v) is 6.27. The summed E-state index contributed by atoms with van der Waals surface area (Å²) in [7, 11) is 0. The molecule has 2 aromatic rings. The van der Waals surface area contributed by atoms with E-state index in [1.165, 1.54) is 12.1 Å². The van der Waals surface area contributed by atoms with Crippen LogP contribution in [0.15, 0.2) is 36.4 Å². The lowest BCUT2D eigenvalue weighted by atomic mass is 9.94. The zero-order valence-electron chi connectivity index (χ0n) is 11.7. The van der Waals surface area contributed by atoms with Gasteiger partial charge in [0.05, 0.1) is 32.6 Å². The van der Waals surface area contributed by atoms with Gasteiger partial charge in [-0.2, -0.15) is 0 Å². The zero-order valence-corrected chi connectivity index (χ0v) is 11.7. The summed E-state index contributed by atoms with van der Waals surface area (Å²) >= 11 is 0. The summed E-state index contributed by atoms with van der Waals surface area (Å²) in [6.45, 7) is 0. The summed E-state index contributed by atoms with van der Waals surface area (Å²) in [5.74, 6) is -3.10. The quantitative estimate of drug-likeness (QED) is 0.623. The van der Waals surface area contributed by atoms with Crippen LogP contribution in [0.4, 0.5) is 11.4 Å². The molecule has 0 aliphatic carbocycles. The van der Waals surface area contributed by atoms with Gasteiger partial charge in [0.1, 0.15) is 0 Å². The molecule has 0 aliphatic rings. The Hall–Kier alpha value is -3.82. The molecule has 2 N–H and O–H groups in total. The lowest BCUT2D eigenvalue weighted by Gasteiger charge is -2.09. The average molecular weight is 332 g/mol. The maximum absolute atomic E-state index is 11.4. The Morgan fingerprint density at radius 2 is 1.54 bits per heavy atom. The van der Waals surface area contributed by atoms with Crippen molar-refractivity contribution in [1.82, 2.24) is 0 Å². The maximum atomic E-state index is 11.4. The molecule has 0 saturated carbocycles. The Morgan fingerprint density at radius 1 is 0.875 bits per heavy atom. The molecule has 0 spiro atoms. The average Bonchev–Trinajstić information content (AvgIpc) is 2.53. The minimum atomic E-state index is -1.59. The van der Waals surface area contributed by atoms with E-state index in [-0.39, 0.29) is 11.1 Å². The van der Waals surface area contributed by atoms with Gasteiger partial charge < -0.3 is 10.2 Å². The molecule has 0 fully saturated rings. The SMILES string of the molecule is O=C(O)c1cccc(-c2ccc([N+](=O)[O-])cc2[N+](=O)[O-])c1C(=O)O. The standard InChI is InChI=1S/C14H8N2O8/c17-13(18)10-3-1-2-9(12(10)14(19)20)8-5-4-7(15(21)22)6-11(8)16(23)24/h1-6H,(H,17,18)(H,19,20). The molecule has 0 aliphatic heterocycles. The van der Waals surface area contributed by atoms with Crippen LogP contribution < -0.4 is 0 Å². The zero-order chi connectivity index (χ0) is 18.0. The van der Waals surface area contributed by atoms with Crippen LogP contribution >= 0.6 is 0 Å². The van der Waals surface area contributed by atoms with Gasteiger partial charge in [0.15, 0.2) is 0 Å². The van der Waals surface area contributed by atoms with Gasteiger partial charge in [-0.1, -0.05) is 12.1 Å². The van der Waals surface area contributed by atoms with Crippen molar-refractivity contribution in [3.05, 3.63) is 67.8 Å². The Bertz CT molecular complexity index is 890. The first-order chi connectivity index (χ1) is 11.2.